The second-order valence-corrected chi connectivity index (χ2v) is 5.34. The maximum atomic E-state index is 9.59. The van der Waals surface area contributed by atoms with Crippen LogP contribution in [0.5, 0.6) is 0 Å². The Morgan fingerprint density at radius 1 is 1.44 bits per heavy atom. The van der Waals surface area contributed by atoms with Crippen LogP contribution in [-0.4, -0.2) is 29.2 Å². The van der Waals surface area contributed by atoms with Gasteiger partial charge in [0.15, 0.2) is 0 Å². The highest BCUT2D eigenvalue weighted by Crippen LogP contribution is 2.20. The fourth-order valence-corrected chi connectivity index (χ4v) is 2.76. The Morgan fingerprint density at radius 3 is 2.94 bits per heavy atom. The molecular weight excluding hydrogens is 268 g/mol. The van der Waals surface area contributed by atoms with Gasteiger partial charge < -0.3 is 10.8 Å². The first-order valence-electron chi connectivity index (χ1n) is 5.59. The average molecular weight is 285 g/mol. The maximum absolute atomic E-state index is 9.59. The van der Waals surface area contributed by atoms with E-state index in [9.17, 15) is 5.11 Å². The van der Waals surface area contributed by atoms with Gasteiger partial charge in [-0.2, -0.15) is 0 Å². The molecule has 4 heteroatoms. The van der Waals surface area contributed by atoms with Crippen LogP contribution in [0.2, 0.25) is 0 Å². The summed E-state index contributed by atoms with van der Waals surface area (Å²) in [7, 11) is 0. The summed E-state index contributed by atoms with van der Waals surface area (Å²) in [6.45, 7) is 2.69. The van der Waals surface area contributed by atoms with Gasteiger partial charge in [-0.1, -0.05) is 15.9 Å². The molecule has 3 N–H and O–H groups in total. The van der Waals surface area contributed by atoms with Crippen molar-refractivity contribution in [3.8, 4) is 0 Å². The highest BCUT2D eigenvalue weighted by atomic mass is 79.9. The summed E-state index contributed by atoms with van der Waals surface area (Å²) in [6.07, 6.45) is 1.83. The molecule has 1 aliphatic heterocycles. The van der Waals surface area contributed by atoms with E-state index in [0.29, 0.717) is 0 Å². The number of halogens is 1. The van der Waals surface area contributed by atoms with Crippen LogP contribution in [0.25, 0.3) is 0 Å². The normalized spacial score (nSPS) is 22.2. The lowest BCUT2D eigenvalue weighted by atomic mass is 10.1. The Labute approximate surface area is 104 Å². The minimum atomic E-state index is -0.168. The van der Waals surface area contributed by atoms with Gasteiger partial charge in [-0.15, -0.1) is 0 Å². The number of nitrogen functional groups attached to an aromatic ring is 1. The SMILES string of the molecule is Nc1cc(Br)cc(CN2CCCC(O)C2)c1. The third kappa shape index (κ3) is 3.20. The van der Waals surface area contributed by atoms with Crippen molar-refractivity contribution in [2.24, 2.45) is 0 Å². The van der Waals surface area contributed by atoms with E-state index in [-0.39, 0.29) is 6.10 Å². The van der Waals surface area contributed by atoms with Gasteiger partial charge in [0.1, 0.15) is 0 Å². The predicted molar refractivity (Wildman–Crippen MR) is 69.1 cm³/mol. The Morgan fingerprint density at radius 2 is 2.25 bits per heavy atom. The topological polar surface area (TPSA) is 49.5 Å². The molecule has 1 saturated heterocycles. The Hall–Kier alpha value is -0.580. The number of nitrogens with zero attached hydrogens (tertiary/aromatic N) is 1. The molecule has 3 nitrogen and oxygen atoms in total. The first-order chi connectivity index (χ1) is 7.63. The van der Waals surface area contributed by atoms with Crippen molar-refractivity contribution in [2.75, 3.05) is 18.8 Å². The summed E-state index contributed by atoms with van der Waals surface area (Å²) in [6, 6.07) is 5.97. The number of benzene rings is 1. The third-order valence-corrected chi connectivity index (χ3v) is 3.32. The van der Waals surface area contributed by atoms with E-state index in [1.165, 1.54) is 5.56 Å². The lowest BCUT2D eigenvalue weighted by Gasteiger charge is -2.30. The number of aliphatic hydroxyl groups is 1. The molecule has 0 aliphatic carbocycles. The van der Waals surface area contributed by atoms with Crippen molar-refractivity contribution >= 4 is 21.6 Å². The zero-order valence-corrected chi connectivity index (χ0v) is 10.8. The number of nitrogens with two attached hydrogens (primary N) is 1. The summed E-state index contributed by atoms with van der Waals surface area (Å²) in [5, 5.41) is 9.59. The Bertz CT molecular complexity index is 350. The zero-order chi connectivity index (χ0) is 11.5. The second-order valence-electron chi connectivity index (χ2n) is 4.42. The molecule has 1 aliphatic rings. The molecule has 16 heavy (non-hydrogen) atoms. The van der Waals surface area contributed by atoms with Crippen molar-refractivity contribution in [2.45, 2.75) is 25.5 Å². The monoisotopic (exact) mass is 284 g/mol. The minimum absolute atomic E-state index is 0.168. The first kappa shape index (κ1) is 11.9. The molecule has 2 rings (SSSR count). The maximum Gasteiger partial charge on any atom is 0.0667 e. The average Bonchev–Trinajstić information content (AvgIpc) is 2.15. The molecule has 1 unspecified atom stereocenters. The van der Waals surface area contributed by atoms with Crippen molar-refractivity contribution in [3.05, 3.63) is 28.2 Å². The summed E-state index contributed by atoms with van der Waals surface area (Å²) in [4.78, 5) is 2.27. The highest BCUT2D eigenvalue weighted by molar-refractivity contribution is 9.10. The molecule has 1 fully saturated rings. The summed E-state index contributed by atoms with van der Waals surface area (Å²) >= 11 is 3.44. The van der Waals surface area contributed by atoms with Crippen LogP contribution in [0.15, 0.2) is 22.7 Å². The van der Waals surface area contributed by atoms with Crippen LogP contribution in [0.3, 0.4) is 0 Å². The van der Waals surface area contributed by atoms with Gasteiger partial charge in [-0.3, -0.25) is 4.90 Å². The number of rotatable bonds is 2. The Kier molecular flexibility index (Phi) is 3.84. The fraction of sp³-hybridized carbons (Fsp3) is 0.500. The number of aliphatic hydroxyl groups excluding tert-OH is 1. The van der Waals surface area contributed by atoms with Crippen LogP contribution in [0.1, 0.15) is 18.4 Å². The van der Waals surface area contributed by atoms with Crippen LogP contribution in [0, 0.1) is 0 Å². The minimum Gasteiger partial charge on any atom is -0.399 e. The molecule has 1 aromatic rings. The molecule has 0 aromatic heterocycles. The van der Waals surface area contributed by atoms with E-state index in [2.05, 4.69) is 26.9 Å². The van der Waals surface area contributed by atoms with Crippen molar-refractivity contribution < 1.29 is 5.11 Å². The molecule has 0 bridgehead atoms. The fourth-order valence-electron chi connectivity index (χ4n) is 2.20. The lowest BCUT2D eigenvalue weighted by molar-refractivity contribution is 0.0668. The standard InChI is InChI=1S/C12H17BrN2O/c13-10-4-9(5-11(14)6-10)7-15-3-1-2-12(16)8-15/h4-6,12,16H,1-3,7-8,14H2. The molecular formula is C12H17BrN2O. The first-order valence-corrected chi connectivity index (χ1v) is 6.38. The van der Waals surface area contributed by atoms with Crippen molar-refractivity contribution in [3.63, 3.8) is 0 Å². The van der Waals surface area contributed by atoms with E-state index in [0.717, 1.165) is 42.6 Å². The molecule has 1 aromatic carbocycles. The third-order valence-electron chi connectivity index (χ3n) is 2.87. The molecule has 1 atom stereocenters. The number of hydrogen-bond acceptors (Lipinski definition) is 3. The van der Waals surface area contributed by atoms with Crippen LogP contribution < -0.4 is 5.73 Å². The van der Waals surface area contributed by atoms with Gasteiger partial charge in [0.05, 0.1) is 6.10 Å². The van der Waals surface area contributed by atoms with Crippen LogP contribution in [-0.2, 0) is 6.54 Å². The summed E-state index contributed by atoms with van der Waals surface area (Å²) in [5.41, 5.74) is 7.77. The van der Waals surface area contributed by atoms with E-state index in [4.69, 9.17) is 5.73 Å². The van der Waals surface area contributed by atoms with Gasteiger partial charge in [0.2, 0.25) is 0 Å². The van der Waals surface area contributed by atoms with E-state index < -0.39 is 0 Å². The lowest BCUT2D eigenvalue weighted by Crippen LogP contribution is -2.37. The highest BCUT2D eigenvalue weighted by Gasteiger charge is 2.17. The number of piperidine rings is 1. The number of likely N-dealkylation sites (tertiary alicyclic amines) is 1. The molecule has 1 heterocycles. The number of anilines is 1. The molecule has 0 saturated carbocycles. The summed E-state index contributed by atoms with van der Waals surface area (Å²) in [5.74, 6) is 0. The molecule has 0 spiro atoms. The van der Waals surface area contributed by atoms with E-state index >= 15 is 0 Å². The van der Waals surface area contributed by atoms with E-state index in [1.807, 2.05) is 12.1 Å². The van der Waals surface area contributed by atoms with Crippen LogP contribution in [0.4, 0.5) is 5.69 Å². The van der Waals surface area contributed by atoms with Gasteiger partial charge in [-0.05, 0) is 43.1 Å². The van der Waals surface area contributed by atoms with Gasteiger partial charge in [0, 0.05) is 23.2 Å². The molecule has 0 radical (unpaired) electrons. The van der Waals surface area contributed by atoms with Gasteiger partial charge in [-0.25, -0.2) is 0 Å². The molecule has 0 amide bonds. The number of β-amino-alcohol motifs (C(OH)–C–C–N with tert-alkyl or cyclic N) is 1. The largest absolute Gasteiger partial charge is 0.399 e. The smallest absolute Gasteiger partial charge is 0.0667 e. The summed E-state index contributed by atoms with van der Waals surface area (Å²) < 4.78 is 1.01. The van der Waals surface area contributed by atoms with Gasteiger partial charge in [0.25, 0.3) is 0 Å². The van der Waals surface area contributed by atoms with Crippen molar-refractivity contribution in [1.82, 2.24) is 4.90 Å². The van der Waals surface area contributed by atoms with Gasteiger partial charge >= 0.3 is 0 Å². The van der Waals surface area contributed by atoms with Crippen molar-refractivity contribution in [1.29, 1.82) is 0 Å². The number of hydrogen-bond donors (Lipinski definition) is 2. The van der Waals surface area contributed by atoms with E-state index in [1.54, 1.807) is 0 Å². The molecule has 88 valence electrons. The Balaban J connectivity index is 2.02. The quantitative estimate of drug-likeness (QED) is 0.817. The second kappa shape index (κ2) is 5.17. The zero-order valence-electron chi connectivity index (χ0n) is 9.19. The predicted octanol–water partition coefficient (Wildman–Crippen LogP) is 1.99. The van der Waals surface area contributed by atoms with Crippen LogP contribution >= 0.6 is 15.9 Å².